The van der Waals surface area contributed by atoms with Crippen molar-refractivity contribution in [1.29, 1.82) is 0 Å². The fourth-order valence-corrected chi connectivity index (χ4v) is 2.34. The van der Waals surface area contributed by atoms with Crippen molar-refractivity contribution < 1.29 is 19.4 Å². The lowest BCUT2D eigenvalue weighted by atomic mass is 10.1. The van der Waals surface area contributed by atoms with Gasteiger partial charge in [0.15, 0.2) is 17.3 Å². The van der Waals surface area contributed by atoms with Crippen LogP contribution in [-0.4, -0.2) is 24.6 Å². The Kier molecular flexibility index (Phi) is 7.08. The molecule has 1 N–H and O–H groups in total. The molecule has 0 spiro atoms. The SMILES string of the molecule is CCCCCOc1ccc(/C=C/C(=O)c2ccc(O)cc2)cc1OC. The van der Waals surface area contributed by atoms with Crippen LogP contribution in [0.3, 0.4) is 0 Å². The molecular formula is C21H24O4. The first kappa shape index (κ1) is 18.6. The summed E-state index contributed by atoms with van der Waals surface area (Å²) >= 11 is 0. The van der Waals surface area contributed by atoms with Gasteiger partial charge in [0.25, 0.3) is 0 Å². The van der Waals surface area contributed by atoms with E-state index >= 15 is 0 Å². The second kappa shape index (κ2) is 9.52. The predicted octanol–water partition coefficient (Wildman–Crippen LogP) is 4.87. The zero-order valence-corrected chi connectivity index (χ0v) is 14.7. The molecule has 0 aliphatic carbocycles. The molecule has 4 heteroatoms. The van der Waals surface area contributed by atoms with Crippen molar-refractivity contribution in [3.05, 3.63) is 59.7 Å². The van der Waals surface area contributed by atoms with Crippen molar-refractivity contribution in [1.82, 2.24) is 0 Å². The van der Waals surface area contributed by atoms with E-state index in [2.05, 4.69) is 6.92 Å². The minimum absolute atomic E-state index is 0.126. The molecule has 0 radical (unpaired) electrons. The van der Waals surface area contributed by atoms with E-state index in [1.807, 2.05) is 18.2 Å². The maximum Gasteiger partial charge on any atom is 0.185 e. The molecule has 0 aliphatic heterocycles. The first-order valence-corrected chi connectivity index (χ1v) is 8.46. The lowest BCUT2D eigenvalue weighted by Crippen LogP contribution is -1.99. The van der Waals surface area contributed by atoms with E-state index in [1.165, 1.54) is 18.2 Å². The maximum absolute atomic E-state index is 12.1. The number of unbranched alkanes of at least 4 members (excludes halogenated alkanes) is 2. The van der Waals surface area contributed by atoms with Gasteiger partial charge in [0, 0.05) is 5.56 Å². The monoisotopic (exact) mass is 340 g/mol. The standard InChI is InChI=1S/C21H24O4/c1-3-4-5-14-25-20-13-7-16(15-21(20)24-2)6-12-19(23)17-8-10-18(22)11-9-17/h6-13,15,22H,3-5,14H2,1-2H3/b12-6+. The Labute approximate surface area is 148 Å². The van der Waals surface area contributed by atoms with Crippen LogP contribution < -0.4 is 9.47 Å². The molecule has 0 amide bonds. The molecule has 2 aromatic carbocycles. The van der Waals surface area contributed by atoms with Gasteiger partial charge in [-0.05, 0) is 54.5 Å². The molecule has 4 nitrogen and oxygen atoms in total. The third-order valence-electron chi connectivity index (χ3n) is 3.77. The topological polar surface area (TPSA) is 55.8 Å². The summed E-state index contributed by atoms with van der Waals surface area (Å²) in [4.78, 5) is 12.1. The molecule has 0 heterocycles. The summed E-state index contributed by atoms with van der Waals surface area (Å²) in [6.07, 6.45) is 6.55. The summed E-state index contributed by atoms with van der Waals surface area (Å²) < 4.78 is 11.1. The Morgan fingerprint density at radius 2 is 1.84 bits per heavy atom. The Balaban J connectivity index is 2.04. The van der Waals surface area contributed by atoms with E-state index in [-0.39, 0.29) is 11.5 Å². The largest absolute Gasteiger partial charge is 0.508 e. The number of hydrogen-bond acceptors (Lipinski definition) is 4. The molecule has 0 aliphatic rings. The van der Waals surface area contributed by atoms with Gasteiger partial charge < -0.3 is 14.6 Å². The molecule has 2 aromatic rings. The van der Waals surface area contributed by atoms with Gasteiger partial charge in [0.1, 0.15) is 5.75 Å². The highest BCUT2D eigenvalue weighted by Crippen LogP contribution is 2.29. The maximum atomic E-state index is 12.1. The Bertz CT molecular complexity index is 717. The number of ketones is 1. The van der Waals surface area contributed by atoms with E-state index in [1.54, 1.807) is 25.3 Å². The summed E-state index contributed by atoms with van der Waals surface area (Å²) in [7, 11) is 1.60. The van der Waals surface area contributed by atoms with E-state index in [0.29, 0.717) is 23.7 Å². The minimum atomic E-state index is -0.126. The van der Waals surface area contributed by atoms with Crippen molar-refractivity contribution in [2.75, 3.05) is 13.7 Å². The van der Waals surface area contributed by atoms with Crippen LogP contribution in [-0.2, 0) is 0 Å². The van der Waals surface area contributed by atoms with Gasteiger partial charge in [-0.3, -0.25) is 4.79 Å². The summed E-state index contributed by atoms with van der Waals surface area (Å²) in [5.74, 6) is 1.37. The van der Waals surface area contributed by atoms with Gasteiger partial charge in [-0.15, -0.1) is 0 Å². The first-order valence-electron chi connectivity index (χ1n) is 8.46. The van der Waals surface area contributed by atoms with Gasteiger partial charge >= 0.3 is 0 Å². The molecule has 25 heavy (non-hydrogen) atoms. The predicted molar refractivity (Wildman–Crippen MR) is 99.5 cm³/mol. The molecule has 0 bridgehead atoms. The Morgan fingerprint density at radius 1 is 1.08 bits per heavy atom. The van der Waals surface area contributed by atoms with E-state index in [0.717, 1.165) is 24.8 Å². The number of aromatic hydroxyl groups is 1. The van der Waals surface area contributed by atoms with Crippen molar-refractivity contribution in [2.45, 2.75) is 26.2 Å². The first-order chi connectivity index (χ1) is 12.1. The van der Waals surface area contributed by atoms with Crippen LogP contribution in [0.15, 0.2) is 48.5 Å². The lowest BCUT2D eigenvalue weighted by Gasteiger charge is -2.11. The highest BCUT2D eigenvalue weighted by molar-refractivity contribution is 6.06. The molecule has 0 atom stereocenters. The normalized spacial score (nSPS) is 10.8. The van der Waals surface area contributed by atoms with Crippen LogP contribution in [0.1, 0.15) is 42.1 Å². The number of rotatable bonds is 9. The third kappa shape index (κ3) is 5.68. The number of phenols is 1. The molecule has 0 saturated carbocycles. The minimum Gasteiger partial charge on any atom is -0.508 e. The quantitative estimate of drug-likeness (QED) is 0.402. The van der Waals surface area contributed by atoms with E-state index in [4.69, 9.17) is 9.47 Å². The van der Waals surface area contributed by atoms with Gasteiger partial charge in [-0.25, -0.2) is 0 Å². The van der Waals surface area contributed by atoms with Gasteiger partial charge in [-0.2, -0.15) is 0 Å². The van der Waals surface area contributed by atoms with Crippen LogP contribution in [0.25, 0.3) is 6.08 Å². The van der Waals surface area contributed by atoms with E-state index < -0.39 is 0 Å². The number of carbonyl (C=O) groups is 1. The fourth-order valence-electron chi connectivity index (χ4n) is 2.34. The van der Waals surface area contributed by atoms with Crippen LogP contribution in [0.4, 0.5) is 0 Å². The number of carbonyl (C=O) groups excluding carboxylic acids is 1. The molecular weight excluding hydrogens is 316 g/mol. The summed E-state index contributed by atoms with van der Waals surface area (Å²) in [6, 6.07) is 11.8. The van der Waals surface area contributed by atoms with Crippen molar-refractivity contribution >= 4 is 11.9 Å². The molecule has 132 valence electrons. The highest BCUT2D eigenvalue weighted by atomic mass is 16.5. The molecule has 0 fully saturated rings. The number of hydrogen-bond donors (Lipinski definition) is 1. The number of methoxy groups -OCH3 is 1. The molecule has 0 aromatic heterocycles. The van der Waals surface area contributed by atoms with Gasteiger partial charge in [-0.1, -0.05) is 31.9 Å². The average Bonchev–Trinajstić information content (AvgIpc) is 2.64. The Morgan fingerprint density at radius 3 is 2.52 bits per heavy atom. The number of allylic oxidation sites excluding steroid dienone is 1. The van der Waals surface area contributed by atoms with Crippen LogP contribution in [0.2, 0.25) is 0 Å². The van der Waals surface area contributed by atoms with E-state index in [9.17, 15) is 9.90 Å². The van der Waals surface area contributed by atoms with Crippen molar-refractivity contribution in [3.8, 4) is 17.2 Å². The van der Waals surface area contributed by atoms with Crippen LogP contribution in [0, 0.1) is 0 Å². The fraction of sp³-hybridized carbons (Fsp3) is 0.286. The molecule has 0 saturated heterocycles. The summed E-state index contributed by atoms with van der Waals surface area (Å²) in [5, 5.41) is 9.27. The number of phenolic OH excluding ortho intramolecular Hbond substituents is 1. The van der Waals surface area contributed by atoms with Gasteiger partial charge in [0.2, 0.25) is 0 Å². The Hall–Kier alpha value is -2.75. The summed E-state index contributed by atoms with van der Waals surface area (Å²) in [5.41, 5.74) is 1.38. The van der Waals surface area contributed by atoms with Gasteiger partial charge in [0.05, 0.1) is 13.7 Å². The average molecular weight is 340 g/mol. The highest BCUT2D eigenvalue weighted by Gasteiger charge is 2.06. The van der Waals surface area contributed by atoms with Crippen molar-refractivity contribution in [2.24, 2.45) is 0 Å². The van der Waals surface area contributed by atoms with Crippen LogP contribution >= 0.6 is 0 Å². The van der Waals surface area contributed by atoms with Crippen LogP contribution in [0.5, 0.6) is 17.2 Å². The zero-order valence-electron chi connectivity index (χ0n) is 14.7. The van der Waals surface area contributed by atoms with Crippen molar-refractivity contribution in [3.63, 3.8) is 0 Å². The second-order valence-electron chi connectivity index (χ2n) is 5.71. The number of benzene rings is 2. The number of ether oxygens (including phenoxy) is 2. The molecule has 0 unspecified atom stereocenters. The lowest BCUT2D eigenvalue weighted by molar-refractivity contribution is 0.104. The smallest absolute Gasteiger partial charge is 0.185 e. The second-order valence-corrected chi connectivity index (χ2v) is 5.71. The third-order valence-corrected chi connectivity index (χ3v) is 3.77. The molecule has 2 rings (SSSR count). The summed E-state index contributed by atoms with van der Waals surface area (Å²) in [6.45, 7) is 2.82. The zero-order chi connectivity index (χ0) is 18.1.